The van der Waals surface area contributed by atoms with Gasteiger partial charge >= 0.3 is 5.97 Å². The van der Waals surface area contributed by atoms with E-state index in [-0.39, 0.29) is 16.6 Å². The fourth-order valence-electron chi connectivity index (χ4n) is 3.80. The highest BCUT2D eigenvalue weighted by Crippen LogP contribution is 2.27. The minimum absolute atomic E-state index is 0.188. The van der Waals surface area contributed by atoms with Gasteiger partial charge in [-0.25, -0.2) is 9.48 Å². The first-order valence-electron chi connectivity index (χ1n) is 10.4. The number of amides is 1. The second-order valence-corrected chi connectivity index (χ2v) is 7.98. The molecule has 1 aromatic heterocycles. The SMILES string of the molecule is Cc1nn(Cc2ccccc2)c(Cl)c1C(=O)OC(C(=O)N1CCCC1)c1ccccc1. The van der Waals surface area contributed by atoms with E-state index in [0.717, 1.165) is 18.4 Å². The fourth-order valence-corrected chi connectivity index (χ4v) is 4.12. The van der Waals surface area contributed by atoms with E-state index in [1.165, 1.54) is 0 Å². The van der Waals surface area contributed by atoms with E-state index in [2.05, 4.69) is 5.10 Å². The predicted octanol–water partition coefficient (Wildman–Crippen LogP) is 4.41. The molecule has 1 aliphatic rings. The van der Waals surface area contributed by atoms with E-state index in [4.69, 9.17) is 16.3 Å². The van der Waals surface area contributed by atoms with Gasteiger partial charge in [0.15, 0.2) is 0 Å². The average Bonchev–Trinajstić information content (AvgIpc) is 3.41. The molecule has 1 atom stereocenters. The van der Waals surface area contributed by atoms with Gasteiger partial charge in [0.05, 0.1) is 12.2 Å². The molecule has 4 rings (SSSR count). The van der Waals surface area contributed by atoms with Crippen LogP contribution in [0.25, 0.3) is 0 Å². The van der Waals surface area contributed by atoms with Gasteiger partial charge in [-0.3, -0.25) is 4.79 Å². The third-order valence-electron chi connectivity index (χ3n) is 5.41. The van der Waals surface area contributed by atoms with Crippen molar-refractivity contribution >= 4 is 23.5 Å². The first-order valence-corrected chi connectivity index (χ1v) is 10.7. The summed E-state index contributed by atoms with van der Waals surface area (Å²) < 4.78 is 7.33. The summed E-state index contributed by atoms with van der Waals surface area (Å²) >= 11 is 6.51. The highest BCUT2D eigenvalue weighted by atomic mass is 35.5. The summed E-state index contributed by atoms with van der Waals surface area (Å²) in [4.78, 5) is 28.0. The van der Waals surface area contributed by atoms with Gasteiger partial charge in [0.2, 0.25) is 6.10 Å². The molecule has 1 saturated heterocycles. The Morgan fingerprint density at radius 1 is 1.03 bits per heavy atom. The van der Waals surface area contributed by atoms with Crippen molar-refractivity contribution in [2.45, 2.75) is 32.4 Å². The molecule has 0 spiro atoms. The summed E-state index contributed by atoms with van der Waals surface area (Å²) in [5, 5.41) is 4.62. The molecule has 2 heterocycles. The van der Waals surface area contributed by atoms with Gasteiger partial charge < -0.3 is 9.64 Å². The molecular weight excluding hydrogens is 414 g/mol. The van der Waals surface area contributed by atoms with E-state index >= 15 is 0 Å². The quantitative estimate of drug-likeness (QED) is 0.536. The van der Waals surface area contributed by atoms with Crippen LogP contribution in [-0.2, 0) is 16.1 Å². The molecule has 1 unspecified atom stereocenters. The molecule has 7 heteroatoms. The Balaban J connectivity index is 1.59. The number of ether oxygens (including phenoxy) is 1. The number of hydrogen-bond acceptors (Lipinski definition) is 4. The maximum absolute atomic E-state index is 13.1. The van der Waals surface area contributed by atoms with Crippen molar-refractivity contribution in [2.24, 2.45) is 0 Å². The first kappa shape index (κ1) is 21.1. The van der Waals surface area contributed by atoms with Crippen LogP contribution in [0.5, 0.6) is 0 Å². The van der Waals surface area contributed by atoms with Crippen molar-refractivity contribution in [3.8, 4) is 0 Å². The first-order chi connectivity index (χ1) is 15.0. The predicted molar refractivity (Wildman–Crippen MR) is 118 cm³/mol. The lowest BCUT2D eigenvalue weighted by Gasteiger charge is -2.23. The van der Waals surface area contributed by atoms with E-state index in [0.29, 0.717) is 30.9 Å². The van der Waals surface area contributed by atoms with Crippen molar-refractivity contribution in [1.29, 1.82) is 0 Å². The van der Waals surface area contributed by atoms with Gasteiger partial charge in [-0.1, -0.05) is 72.3 Å². The number of halogens is 1. The van der Waals surface area contributed by atoms with Gasteiger partial charge in [-0.2, -0.15) is 5.10 Å². The van der Waals surface area contributed by atoms with Crippen molar-refractivity contribution < 1.29 is 14.3 Å². The Hall–Kier alpha value is -3.12. The van der Waals surface area contributed by atoms with Crippen LogP contribution in [0.2, 0.25) is 5.15 Å². The van der Waals surface area contributed by atoms with Crippen LogP contribution in [0.15, 0.2) is 60.7 Å². The van der Waals surface area contributed by atoms with Gasteiger partial charge in [-0.05, 0) is 25.3 Å². The van der Waals surface area contributed by atoms with E-state index in [1.54, 1.807) is 28.6 Å². The molecule has 0 radical (unpaired) electrons. The Kier molecular flexibility index (Phi) is 6.37. The summed E-state index contributed by atoms with van der Waals surface area (Å²) in [6, 6.07) is 18.8. The smallest absolute Gasteiger partial charge is 0.344 e. The highest BCUT2D eigenvalue weighted by Gasteiger charge is 2.33. The normalized spacial score (nSPS) is 14.5. The minimum Gasteiger partial charge on any atom is -0.444 e. The van der Waals surface area contributed by atoms with Crippen LogP contribution in [-0.4, -0.2) is 39.6 Å². The standard InChI is InChI=1S/C24H24ClN3O3/c1-17-20(22(25)28(26-17)16-18-10-4-2-5-11-18)24(30)31-21(19-12-6-3-7-13-19)23(29)27-14-8-9-15-27/h2-7,10-13,21H,8-9,14-16H2,1H3. The summed E-state index contributed by atoms with van der Waals surface area (Å²) in [6.45, 7) is 3.50. The highest BCUT2D eigenvalue weighted by molar-refractivity contribution is 6.32. The lowest BCUT2D eigenvalue weighted by molar-refractivity contribution is -0.140. The van der Waals surface area contributed by atoms with Gasteiger partial charge in [0.25, 0.3) is 5.91 Å². The topological polar surface area (TPSA) is 64.4 Å². The Bertz CT molecular complexity index is 1060. The minimum atomic E-state index is -1.01. The third kappa shape index (κ3) is 4.64. The number of carbonyl (C=O) groups excluding carboxylic acids is 2. The van der Waals surface area contributed by atoms with Crippen LogP contribution >= 0.6 is 11.6 Å². The van der Waals surface area contributed by atoms with Crippen molar-refractivity contribution in [3.63, 3.8) is 0 Å². The number of nitrogens with zero attached hydrogens (tertiary/aromatic N) is 3. The number of esters is 1. The van der Waals surface area contributed by atoms with Crippen LogP contribution in [0, 0.1) is 6.92 Å². The molecule has 0 saturated carbocycles. The number of rotatable bonds is 6. The van der Waals surface area contributed by atoms with Gasteiger partial charge in [-0.15, -0.1) is 0 Å². The molecule has 1 aliphatic heterocycles. The lowest BCUT2D eigenvalue weighted by Crippen LogP contribution is -2.35. The Labute approximate surface area is 186 Å². The molecule has 0 aliphatic carbocycles. The van der Waals surface area contributed by atoms with Crippen LogP contribution in [0.4, 0.5) is 0 Å². The summed E-state index contributed by atoms with van der Waals surface area (Å²) in [5.74, 6) is -0.856. The molecule has 0 N–H and O–H groups in total. The average molecular weight is 438 g/mol. The lowest BCUT2D eigenvalue weighted by atomic mass is 10.1. The number of carbonyl (C=O) groups is 2. The number of likely N-dealkylation sites (tertiary alicyclic amines) is 1. The van der Waals surface area contributed by atoms with E-state index < -0.39 is 12.1 Å². The zero-order valence-corrected chi connectivity index (χ0v) is 18.1. The zero-order chi connectivity index (χ0) is 21.8. The second-order valence-electron chi connectivity index (χ2n) is 7.62. The van der Waals surface area contributed by atoms with E-state index in [1.807, 2.05) is 48.5 Å². The van der Waals surface area contributed by atoms with Crippen LogP contribution in [0.3, 0.4) is 0 Å². The molecule has 31 heavy (non-hydrogen) atoms. The van der Waals surface area contributed by atoms with Crippen molar-refractivity contribution in [2.75, 3.05) is 13.1 Å². The molecule has 6 nitrogen and oxygen atoms in total. The molecule has 160 valence electrons. The third-order valence-corrected chi connectivity index (χ3v) is 5.80. The number of aryl methyl sites for hydroxylation is 1. The van der Waals surface area contributed by atoms with Gasteiger partial charge in [0, 0.05) is 18.7 Å². The number of benzene rings is 2. The summed E-state index contributed by atoms with van der Waals surface area (Å²) in [6.07, 6.45) is 0.899. The number of aromatic nitrogens is 2. The van der Waals surface area contributed by atoms with E-state index in [9.17, 15) is 9.59 Å². The van der Waals surface area contributed by atoms with Crippen LogP contribution < -0.4 is 0 Å². The molecule has 1 fully saturated rings. The maximum atomic E-state index is 13.1. The number of hydrogen-bond donors (Lipinski definition) is 0. The molecular formula is C24H24ClN3O3. The summed E-state index contributed by atoms with van der Waals surface area (Å²) in [5.41, 5.74) is 2.30. The largest absolute Gasteiger partial charge is 0.444 e. The summed E-state index contributed by atoms with van der Waals surface area (Å²) in [7, 11) is 0. The Morgan fingerprint density at radius 3 is 2.29 bits per heavy atom. The second kappa shape index (κ2) is 9.35. The van der Waals surface area contributed by atoms with Crippen molar-refractivity contribution in [3.05, 3.63) is 88.2 Å². The zero-order valence-electron chi connectivity index (χ0n) is 17.3. The van der Waals surface area contributed by atoms with Gasteiger partial charge in [0.1, 0.15) is 10.7 Å². The molecule has 0 bridgehead atoms. The molecule has 3 aromatic rings. The van der Waals surface area contributed by atoms with Crippen LogP contribution in [0.1, 0.15) is 46.1 Å². The Morgan fingerprint density at radius 2 is 1.65 bits per heavy atom. The monoisotopic (exact) mass is 437 g/mol. The van der Waals surface area contributed by atoms with Crippen molar-refractivity contribution in [1.82, 2.24) is 14.7 Å². The molecule has 2 aromatic carbocycles. The fraction of sp³-hybridized carbons (Fsp3) is 0.292. The molecule has 1 amide bonds. The maximum Gasteiger partial charge on any atom is 0.344 e.